The number of carbonyl (C=O) groups excluding carboxylic acids is 1. The van der Waals surface area contributed by atoms with E-state index in [4.69, 9.17) is 15.0 Å². The van der Waals surface area contributed by atoms with Gasteiger partial charge >= 0.3 is 0 Å². The molecule has 1 amide bonds. The zero-order valence-corrected chi connectivity index (χ0v) is 27.1. The molecule has 0 aromatic carbocycles. The molecule has 1 aliphatic carbocycles. The van der Waals surface area contributed by atoms with Gasteiger partial charge in [0.15, 0.2) is 0 Å². The molecule has 0 aromatic rings. The molecule has 0 spiro atoms. The maximum absolute atomic E-state index is 13.1. The van der Waals surface area contributed by atoms with Gasteiger partial charge in [-0.3, -0.25) is 4.79 Å². The van der Waals surface area contributed by atoms with E-state index in [0.717, 1.165) is 85.5 Å². The second-order valence-corrected chi connectivity index (χ2v) is 12.3. The lowest BCUT2D eigenvalue weighted by Crippen LogP contribution is -2.31. The molecule has 0 radical (unpaired) electrons. The highest BCUT2D eigenvalue weighted by Crippen LogP contribution is 2.46. The number of aliphatic imine (C=N–C) groups is 3. The second-order valence-electron chi connectivity index (χ2n) is 12.3. The number of hydrogen-bond donors (Lipinski definition) is 2. The van der Waals surface area contributed by atoms with Crippen LogP contribution in [0.5, 0.6) is 0 Å². The van der Waals surface area contributed by atoms with E-state index in [1.54, 1.807) is 0 Å². The molecular weight excluding hydrogens is 546 g/mol. The first-order valence-electron chi connectivity index (χ1n) is 16.0. The Morgan fingerprint density at radius 1 is 1.02 bits per heavy atom. The number of allylic oxidation sites excluding steroid dienone is 12. The Balaban J connectivity index is 1.54. The van der Waals surface area contributed by atoms with Crippen LogP contribution < -0.4 is 5.32 Å². The predicted octanol–water partition coefficient (Wildman–Crippen LogP) is 7.49. The van der Waals surface area contributed by atoms with Crippen molar-refractivity contribution in [3.8, 4) is 0 Å². The molecule has 5 heterocycles. The molecular formula is C37H43N5O2. The molecule has 7 nitrogen and oxygen atoms in total. The van der Waals surface area contributed by atoms with Crippen molar-refractivity contribution in [2.75, 3.05) is 13.1 Å². The van der Waals surface area contributed by atoms with E-state index < -0.39 is 0 Å². The van der Waals surface area contributed by atoms with Gasteiger partial charge in [0.2, 0.25) is 5.91 Å². The van der Waals surface area contributed by atoms with Crippen LogP contribution in [0.2, 0.25) is 0 Å². The highest BCUT2D eigenvalue weighted by Gasteiger charge is 2.41. The first-order chi connectivity index (χ1) is 21.1. The minimum Gasteiger partial charge on any atom is -0.511 e. The van der Waals surface area contributed by atoms with Crippen LogP contribution in [0, 0.1) is 11.8 Å². The van der Waals surface area contributed by atoms with E-state index >= 15 is 0 Å². The van der Waals surface area contributed by atoms with Gasteiger partial charge in [-0.1, -0.05) is 26.5 Å². The number of carbonyl (C=O) groups is 1. The van der Waals surface area contributed by atoms with Crippen LogP contribution in [0.25, 0.3) is 0 Å². The Hall–Kier alpha value is -4.26. The first kappa shape index (κ1) is 29.8. The highest BCUT2D eigenvalue weighted by molar-refractivity contribution is 6.21. The summed E-state index contributed by atoms with van der Waals surface area (Å²) in [5.41, 5.74) is 14.6. The van der Waals surface area contributed by atoms with Gasteiger partial charge in [-0.2, -0.15) is 0 Å². The number of nitrogens with zero attached hydrogens (tertiary/aromatic N) is 4. The Bertz CT molecular complexity index is 1740. The van der Waals surface area contributed by atoms with Crippen molar-refractivity contribution in [1.82, 2.24) is 10.2 Å². The molecule has 1 fully saturated rings. The predicted molar refractivity (Wildman–Crippen MR) is 179 cm³/mol. The van der Waals surface area contributed by atoms with Crippen molar-refractivity contribution >= 4 is 23.0 Å². The molecule has 228 valence electrons. The Labute approximate surface area is 261 Å². The van der Waals surface area contributed by atoms with Crippen LogP contribution >= 0.6 is 0 Å². The topological polar surface area (TPSA) is 89.7 Å². The summed E-state index contributed by atoms with van der Waals surface area (Å²) >= 11 is 0. The van der Waals surface area contributed by atoms with Crippen molar-refractivity contribution < 1.29 is 9.90 Å². The molecule has 44 heavy (non-hydrogen) atoms. The third-order valence-corrected chi connectivity index (χ3v) is 10.1. The van der Waals surface area contributed by atoms with E-state index in [9.17, 15) is 9.90 Å². The smallest absolute Gasteiger partial charge is 0.222 e. The number of amides is 1. The molecule has 0 saturated carbocycles. The monoisotopic (exact) mass is 589 g/mol. The fourth-order valence-electron chi connectivity index (χ4n) is 7.40. The van der Waals surface area contributed by atoms with E-state index in [-0.39, 0.29) is 17.7 Å². The van der Waals surface area contributed by atoms with Gasteiger partial charge in [-0.05, 0) is 88.0 Å². The number of hydrogen-bond acceptors (Lipinski definition) is 6. The Kier molecular flexibility index (Phi) is 7.68. The van der Waals surface area contributed by atoms with Crippen LogP contribution in [0.3, 0.4) is 0 Å². The third-order valence-electron chi connectivity index (χ3n) is 10.1. The van der Waals surface area contributed by atoms with Crippen LogP contribution in [0.15, 0.2) is 119 Å². The minimum atomic E-state index is 0.0722. The number of aliphatic hydroxyl groups excluding tert-OH is 1. The molecule has 0 unspecified atom stereocenters. The normalized spacial score (nSPS) is 24.1. The number of fused-ring (bicyclic) bond motifs is 5. The van der Waals surface area contributed by atoms with Crippen LogP contribution in [-0.2, 0) is 4.79 Å². The van der Waals surface area contributed by atoms with Gasteiger partial charge in [0.1, 0.15) is 5.76 Å². The van der Waals surface area contributed by atoms with Crippen molar-refractivity contribution in [1.29, 1.82) is 0 Å². The standard InChI is InChI=1S/C37H43N5O2/c1-9-23-19(5)27-16-29-21(7)25(13-14-34(44)42(11-3)12-4)36(40-29)26-15-33(43)35-22(8)30(41-37(26)35)18-32-24(10-2)20(6)28(39-32)17-31(23)38-27/h9,16-18,21,25,40,43H,1,10-15H2,2-8H3/t21-,25-/m0/s1. The molecule has 7 heteroatoms. The molecule has 0 aromatic heterocycles. The molecule has 8 bridgehead atoms. The van der Waals surface area contributed by atoms with Crippen molar-refractivity contribution in [3.05, 3.63) is 104 Å². The summed E-state index contributed by atoms with van der Waals surface area (Å²) in [7, 11) is 0. The fraction of sp³-hybridized carbons (Fsp3) is 0.405. The number of aliphatic hydroxyl groups is 1. The quantitative estimate of drug-likeness (QED) is 0.322. The fourth-order valence-corrected chi connectivity index (χ4v) is 7.40. The van der Waals surface area contributed by atoms with Gasteiger partial charge in [0, 0.05) is 65.9 Å². The van der Waals surface area contributed by atoms with E-state index in [1.807, 2.05) is 31.7 Å². The lowest BCUT2D eigenvalue weighted by molar-refractivity contribution is -0.131. The largest absolute Gasteiger partial charge is 0.511 e. The molecule has 6 aliphatic rings. The summed E-state index contributed by atoms with van der Waals surface area (Å²) in [5, 5.41) is 15.1. The van der Waals surface area contributed by atoms with E-state index in [0.29, 0.717) is 38.1 Å². The highest BCUT2D eigenvalue weighted by atomic mass is 16.3. The Morgan fingerprint density at radius 3 is 2.41 bits per heavy atom. The minimum absolute atomic E-state index is 0.0722. The molecule has 6 rings (SSSR count). The molecule has 2 N–H and O–H groups in total. The summed E-state index contributed by atoms with van der Waals surface area (Å²) in [4.78, 5) is 30.3. The van der Waals surface area contributed by atoms with Gasteiger partial charge in [0.05, 0.1) is 34.2 Å². The van der Waals surface area contributed by atoms with Gasteiger partial charge in [0.25, 0.3) is 0 Å². The van der Waals surface area contributed by atoms with E-state index in [1.165, 1.54) is 5.57 Å². The lowest BCUT2D eigenvalue weighted by Gasteiger charge is -2.22. The molecule has 5 aliphatic heterocycles. The summed E-state index contributed by atoms with van der Waals surface area (Å²) < 4.78 is 0. The average Bonchev–Trinajstić information content (AvgIpc) is 3.75. The number of rotatable bonds is 7. The van der Waals surface area contributed by atoms with Gasteiger partial charge < -0.3 is 15.3 Å². The van der Waals surface area contributed by atoms with Gasteiger partial charge in [-0.25, -0.2) is 15.0 Å². The second kappa shape index (κ2) is 11.3. The zero-order valence-electron chi connectivity index (χ0n) is 27.1. The summed E-state index contributed by atoms with van der Waals surface area (Å²) in [6.45, 7) is 20.2. The SMILES string of the molecule is C=CC1=C(C)C2=NC1=CC1=NC(=CC3=C(C)C4=C(O)CC(=C5NC(=C2)[C@@H](C)[C@@H]5CCC(=O)N(CC)CC)C4=N3)C(CC)=C1C. The summed E-state index contributed by atoms with van der Waals surface area (Å²) in [5.74, 6) is 0.720. The molecule has 1 saturated heterocycles. The zero-order chi connectivity index (χ0) is 31.4. The number of nitrogens with one attached hydrogen (secondary N) is 1. The third kappa shape index (κ3) is 4.64. The maximum Gasteiger partial charge on any atom is 0.222 e. The van der Waals surface area contributed by atoms with E-state index in [2.05, 4.69) is 57.8 Å². The van der Waals surface area contributed by atoms with Crippen molar-refractivity contribution in [3.63, 3.8) is 0 Å². The summed E-state index contributed by atoms with van der Waals surface area (Å²) in [6.07, 6.45) is 10.6. The van der Waals surface area contributed by atoms with Crippen LogP contribution in [0.4, 0.5) is 0 Å². The molecule has 2 atom stereocenters. The van der Waals surface area contributed by atoms with Crippen molar-refractivity contribution in [2.24, 2.45) is 26.8 Å². The lowest BCUT2D eigenvalue weighted by atomic mass is 9.86. The Morgan fingerprint density at radius 2 is 1.73 bits per heavy atom. The van der Waals surface area contributed by atoms with Crippen LogP contribution in [-0.4, -0.2) is 46.1 Å². The average molecular weight is 590 g/mol. The first-order valence-corrected chi connectivity index (χ1v) is 16.0. The maximum atomic E-state index is 13.1. The summed E-state index contributed by atoms with van der Waals surface area (Å²) in [6, 6.07) is 0. The van der Waals surface area contributed by atoms with Crippen LogP contribution in [0.1, 0.15) is 74.1 Å². The van der Waals surface area contributed by atoms with Crippen molar-refractivity contribution in [2.45, 2.75) is 74.1 Å². The van der Waals surface area contributed by atoms with Gasteiger partial charge in [-0.15, -0.1) is 0 Å².